The number of piperidine rings is 1. The van der Waals surface area contributed by atoms with Crippen LogP contribution in [0.5, 0.6) is 0 Å². The number of benzene rings is 1. The van der Waals surface area contributed by atoms with Gasteiger partial charge in [0.2, 0.25) is 10.0 Å². The SMILES string of the molecule is CCc1ccc(N(C)S(=O)(=O)CC2CCCNC2)cc1. The molecule has 1 atom stereocenters. The highest BCUT2D eigenvalue weighted by molar-refractivity contribution is 7.92. The maximum atomic E-state index is 12.5. The quantitative estimate of drug-likeness (QED) is 0.904. The first-order valence-corrected chi connectivity index (χ1v) is 8.90. The summed E-state index contributed by atoms with van der Waals surface area (Å²) in [5.41, 5.74) is 1.96. The molecule has 1 N–H and O–H groups in total. The smallest absolute Gasteiger partial charge is 0.235 e. The standard InChI is InChI=1S/C15H24N2O2S/c1-3-13-6-8-15(9-7-13)17(2)20(18,19)12-14-5-4-10-16-11-14/h6-9,14,16H,3-5,10-12H2,1-2H3. The molecule has 112 valence electrons. The second kappa shape index (κ2) is 6.59. The van der Waals surface area contributed by atoms with Crippen LogP contribution in [0.3, 0.4) is 0 Å². The normalized spacial score (nSPS) is 19.8. The average Bonchev–Trinajstić information content (AvgIpc) is 2.47. The van der Waals surface area contributed by atoms with Crippen LogP contribution in [0.25, 0.3) is 0 Å². The second-order valence-electron chi connectivity index (χ2n) is 5.48. The molecule has 0 aliphatic carbocycles. The third kappa shape index (κ3) is 3.73. The van der Waals surface area contributed by atoms with E-state index in [4.69, 9.17) is 0 Å². The minimum atomic E-state index is -3.24. The van der Waals surface area contributed by atoms with Crippen molar-refractivity contribution in [1.82, 2.24) is 5.32 Å². The Morgan fingerprint density at radius 2 is 2.00 bits per heavy atom. The van der Waals surface area contributed by atoms with Crippen molar-refractivity contribution in [2.75, 3.05) is 30.2 Å². The Hall–Kier alpha value is -1.07. The van der Waals surface area contributed by atoms with Crippen molar-refractivity contribution in [1.29, 1.82) is 0 Å². The summed E-state index contributed by atoms with van der Waals surface area (Å²) in [6.45, 7) is 3.90. The monoisotopic (exact) mass is 296 g/mol. The van der Waals surface area contributed by atoms with E-state index in [1.165, 1.54) is 9.87 Å². The van der Waals surface area contributed by atoms with Crippen molar-refractivity contribution >= 4 is 15.7 Å². The van der Waals surface area contributed by atoms with Gasteiger partial charge in [0.15, 0.2) is 0 Å². The van der Waals surface area contributed by atoms with E-state index in [0.717, 1.165) is 38.0 Å². The van der Waals surface area contributed by atoms with Crippen LogP contribution in [0.4, 0.5) is 5.69 Å². The Morgan fingerprint density at radius 3 is 2.55 bits per heavy atom. The van der Waals surface area contributed by atoms with Gasteiger partial charge in [-0.25, -0.2) is 8.42 Å². The van der Waals surface area contributed by atoms with Crippen molar-refractivity contribution < 1.29 is 8.42 Å². The third-order valence-corrected chi connectivity index (χ3v) is 5.91. The number of aryl methyl sites for hydroxylation is 1. The molecule has 4 nitrogen and oxygen atoms in total. The number of nitrogens with one attached hydrogen (secondary N) is 1. The molecule has 1 saturated heterocycles. The molecule has 1 aliphatic heterocycles. The van der Waals surface area contributed by atoms with Crippen LogP contribution in [-0.2, 0) is 16.4 Å². The molecule has 0 aromatic heterocycles. The molecule has 2 rings (SSSR count). The molecule has 1 aromatic rings. The fraction of sp³-hybridized carbons (Fsp3) is 0.600. The highest BCUT2D eigenvalue weighted by Crippen LogP contribution is 2.21. The summed E-state index contributed by atoms with van der Waals surface area (Å²) in [7, 11) is -1.59. The van der Waals surface area contributed by atoms with Gasteiger partial charge in [0, 0.05) is 7.05 Å². The predicted octanol–water partition coefficient (Wildman–Crippen LogP) is 2.01. The minimum Gasteiger partial charge on any atom is -0.316 e. The van der Waals surface area contributed by atoms with Crippen molar-refractivity contribution in [3.8, 4) is 0 Å². The highest BCUT2D eigenvalue weighted by Gasteiger charge is 2.25. The van der Waals surface area contributed by atoms with Crippen molar-refractivity contribution in [2.24, 2.45) is 5.92 Å². The van der Waals surface area contributed by atoms with Gasteiger partial charge in [-0.1, -0.05) is 19.1 Å². The first-order chi connectivity index (χ1) is 9.53. The lowest BCUT2D eigenvalue weighted by Gasteiger charge is -2.26. The molecule has 20 heavy (non-hydrogen) atoms. The molecule has 1 aliphatic rings. The predicted molar refractivity (Wildman–Crippen MR) is 83.6 cm³/mol. The van der Waals surface area contributed by atoms with Gasteiger partial charge >= 0.3 is 0 Å². The molecule has 0 bridgehead atoms. The summed E-state index contributed by atoms with van der Waals surface area (Å²) >= 11 is 0. The lowest BCUT2D eigenvalue weighted by molar-refractivity contribution is 0.404. The first kappa shape index (κ1) is 15.3. The van der Waals surface area contributed by atoms with Crippen LogP contribution in [0.1, 0.15) is 25.3 Å². The average molecular weight is 296 g/mol. The summed E-state index contributed by atoms with van der Waals surface area (Å²) < 4.78 is 26.3. The van der Waals surface area contributed by atoms with E-state index in [0.29, 0.717) is 0 Å². The molecule has 0 amide bonds. The zero-order valence-corrected chi connectivity index (χ0v) is 13.1. The van der Waals surface area contributed by atoms with E-state index in [9.17, 15) is 8.42 Å². The highest BCUT2D eigenvalue weighted by atomic mass is 32.2. The number of nitrogens with zero attached hydrogens (tertiary/aromatic N) is 1. The Balaban J connectivity index is 2.06. The molecule has 0 radical (unpaired) electrons. The van der Waals surface area contributed by atoms with Crippen LogP contribution in [0.2, 0.25) is 0 Å². The number of hydrogen-bond acceptors (Lipinski definition) is 3. The fourth-order valence-electron chi connectivity index (χ4n) is 2.58. The van der Waals surface area contributed by atoms with Gasteiger partial charge in [-0.05, 0) is 56.0 Å². The van der Waals surface area contributed by atoms with E-state index in [-0.39, 0.29) is 11.7 Å². The van der Waals surface area contributed by atoms with Crippen LogP contribution in [0.15, 0.2) is 24.3 Å². The number of sulfonamides is 1. The number of rotatable bonds is 5. The number of hydrogen-bond donors (Lipinski definition) is 1. The molecule has 0 saturated carbocycles. The Labute approximate surface area is 122 Å². The third-order valence-electron chi connectivity index (χ3n) is 3.97. The van der Waals surface area contributed by atoms with E-state index in [1.54, 1.807) is 7.05 Å². The Bertz CT molecular complexity index is 519. The van der Waals surface area contributed by atoms with Crippen LogP contribution < -0.4 is 9.62 Å². The Morgan fingerprint density at radius 1 is 1.30 bits per heavy atom. The summed E-state index contributed by atoms with van der Waals surface area (Å²) in [5, 5.41) is 3.27. The largest absolute Gasteiger partial charge is 0.316 e. The summed E-state index contributed by atoms with van der Waals surface area (Å²) in [4.78, 5) is 0. The summed E-state index contributed by atoms with van der Waals surface area (Å²) in [6, 6.07) is 7.75. The molecular weight excluding hydrogens is 272 g/mol. The van der Waals surface area contributed by atoms with Crippen molar-refractivity contribution in [2.45, 2.75) is 26.2 Å². The second-order valence-corrected chi connectivity index (χ2v) is 7.52. The molecule has 1 unspecified atom stereocenters. The maximum Gasteiger partial charge on any atom is 0.235 e. The molecular formula is C15H24N2O2S. The van der Waals surface area contributed by atoms with E-state index >= 15 is 0 Å². The maximum absolute atomic E-state index is 12.5. The van der Waals surface area contributed by atoms with E-state index < -0.39 is 10.0 Å². The van der Waals surface area contributed by atoms with Crippen LogP contribution in [-0.4, -0.2) is 34.3 Å². The molecule has 1 heterocycles. The first-order valence-electron chi connectivity index (χ1n) is 7.29. The zero-order valence-electron chi connectivity index (χ0n) is 12.3. The number of anilines is 1. The van der Waals surface area contributed by atoms with Gasteiger partial charge < -0.3 is 5.32 Å². The molecule has 1 fully saturated rings. The lowest BCUT2D eigenvalue weighted by Crippen LogP contribution is -2.38. The zero-order chi connectivity index (χ0) is 14.6. The fourth-order valence-corrected chi connectivity index (χ4v) is 4.12. The molecule has 0 spiro atoms. The van der Waals surface area contributed by atoms with Gasteiger partial charge in [-0.3, -0.25) is 4.31 Å². The summed E-state index contributed by atoms with van der Waals surface area (Å²) in [6.07, 6.45) is 3.02. The van der Waals surface area contributed by atoms with Crippen LogP contribution >= 0.6 is 0 Å². The van der Waals surface area contributed by atoms with Gasteiger partial charge in [-0.2, -0.15) is 0 Å². The van der Waals surface area contributed by atoms with Crippen molar-refractivity contribution in [3.05, 3.63) is 29.8 Å². The molecule has 1 aromatic carbocycles. The molecule has 5 heteroatoms. The van der Waals surface area contributed by atoms with Gasteiger partial charge in [-0.15, -0.1) is 0 Å². The van der Waals surface area contributed by atoms with Crippen molar-refractivity contribution in [3.63, 3.8) is 0 Å². The Kier molecular flexibility index (Phi) is 5.05. The summed E-state index contributed by atoms with van der Waals surface area (Å²) in [5.74, 6) is 0.456. The van der Waals surface area contributed by atoms with Crippen LogP contribution in [0, 0.1) is 5.92 Å². The van der Waals surface area contributed by atoms with Gasteiger partial charge in [0.1, 0.15) is 0 Å². The van der Waals surface area contributed by atoms with Gasteiger partial charge in [0.25, 0.3) is 0 Å². The minimum absolute atomic E-state index is 0.228. The van der Waals surface area contributed by atoms with E-state index in [1.807, 2.05) is 24.3 Å². The van der Waals surface area contributed by atoms with Gasteiger partial charge in [0.05, 0.1) is 11.4 Å². The lowest BCUT2D eigenvalue weighted by atomic mass is 10.0. The topological polar surface area (TPSA) is 49.4 Å². The van der Waals surface area contributed by atoms with E-state index in [2.05, 4.69) is 12.2 Å².